The Hall–Kier alpha value is -3.15. The molecule has 25 heavy (non-hydrogen) atoms. The van der Waals surface area contributed by atoms with Gasteiger partial charge in [0.05, 0.1) is 18.4 Å². The molecule has 0 unspecified atom stereocenters. The first-order valence-electron chi connectivity index (χ1n) is 7.44. The third-order valence-corrected chi connectivity index (χ3v) is 4.00. The molecule has 0 spiro atoms. The van der Waals surface area contributed by atoms with Gasteiger partial charge in [-0.1, -0.05) is 18.7 Å². The monoisotopic (exact) mass is 343 g/mol. The molecule has 4 nitrogen and oxygen atoms in total. The van der Waals surface area contributed by atoms with Crippen LogP contribution < -0.4 is 9.64 Å². The fraction of sp³-hybridized carbons (Fsp3) is 0.105. The molecule has 1 N–H and O–H groups in total. The Morgan fingerprint density at radius 2 is 1.92 bits per heavy atom. The van der Waals surface area contributed by atoms with Crippen molar-refractivity contribution in [2.75, 3.05) is 12.0 Å². The van der Waals surface area contributed by atoms with Gasteiger partial charge >= 0.3 is 5.97 Å². The molecule has 2 aromatic carbocycles. The Morgan fingerprint density at radius 3 is 2.52 bits per heavy atom. The van der Waals surface area contributed by atoms with Crippen molar-refractivity contribution in [3.63, 3.8) is 0 Å². The van der Waals surface area contributed by atoms with Gasteiger partial charge in [0.2, 0.25) is 0 Å². The number of carboxylic acids is 1. The van der Waals surface area contributed by atoms with E-state index >= 15 is 0 Å². The molecule has 0 bridgehead atoms. The van der Waals surface area contributed by atoms with Crippen LogP contribution in [0.4, 0.5) is 14.5 Å². The number of rotatable bonds is 4. The molecule has 1 heterocycles. The molecule has 0 radical (unpaired) electrons. The third-order valence-electron chi connectivity index (χ3n) is 4.00. The number of halogens is 2. The van der Waals surface area contributed by atoms with Gasteiger partial charge in [0.15, 0.2) is 0 Å². The van der Waals surface area contributed by atoms with E-state index in [1.165, 1.54) is 17.2 Å². The number of hydrogen-bond acceptors (Lipinski definition) is 3. The molecule has 0 aliphatic carbocycles. The lowest BCUT2D eigenvalue weighted by Gasteiger charge is -2.30. The first-order chi connectivity index (χ1) is 11.9. The number of carbonyl (C=O) groups is 1. The average Bonchev–Trinajstić information content (AvgIpc) is 2.57. The smallest absolute Gasteiger partial charge is 0.337 e. The summed E-state index contributed by atoms with van der Waals surface area (Å²) in [5, 5.41) is 9.36. The lowest BCUT2D eigenvalue weighted by atomic mass is 9.93. The van der Waals surface area contributed by atoms with Gasteiger partial charge in [0.1, 0.15) is 17.4 Å². The number of methoxy groups -OCH3 is 1. The number of benzene rings is 2. The van der Waals surface area contributed by atoms with E-state index in [-0.39, 0.29) is 28.9 Å². The van der Waals surface area contributed by atoms with E-state index < -0.39 is 17.6 Å². The maximum absolute atomic E-state index is 14.3. The van der Waals surface area contributed by atoms with Crippen LogP contribution in [0.5, 0.6) is 5.75 Å². The van der Waals surface area contributed by atoms with Gasteiger partial charge < -0.3 is 14.7 Å². The lowest BCUT2D eigenvalue weighted by Crippen LogP contribution is -2.24. The second-order valence-electron chi connectivity index (χ2n) is 5.58. The quantitative estimate of drug-likeness (QED) is 0.912. The van der Waals surface area contributed by atoms with Crippen LogP contribution in [0.2, 0.25) is 0 Å². The van der Waals surface area contributed by atoms with Crippen LogP contribution in [-0.2, 0) is 11.3 Å². The largest absolute Gasteiger partial charge is 0.497 e. The number of carboxylic acid groups (broad SMARTS) is 1. The van der Waals surface area contributed by atoms with Crippen molar-refractivity contribution in [3.05, 3.63) is 77.5 Å². The zero-order chi connectivity index (χ0) is 18.1. The maximum atomic E-state index is 14.3. The first kappa shape index (κ1) is 16.7. The summed E-state index contributed by atoms with van der Waals surface area (Å²) in [5.41, 5.74) is 0.945. The second kappa shape index (κ2) is 6.39. The fourth-order valence-electron chi connectivity index (χ4n) is 2.77. The Labute approximate surface area is 143 Å². The molecule has 0 fully saturated rings. The number of hydrogen-bond donors (Lipinski definition) is 1. The molecule has 128 valence electrons. The highest BCUT2D eigenvalue weighted by Gasteiger charge is 2.28. The minimum absolute atomic E-state index is 0.00480. The van der Waals surface area contributed by atoms with Crippen LogP contribution in [0, 0.1) is 11.6 Å². The van der Waals surface area contributed by atoms with Crippen molar-refractivity contribution in [2.24, 2.45) is 0 Å². The molecule has 1 aliphatic heterocycles. The summed E-state index contributed by atoms with van der Waals surface area (Å²) >= 11 is 0. The standard InChI is InChI=1S/C19H15F2NO3/c1-11-15(19(23)24)10-22(9-12-3-5-14(25-2)6-4-12)17-8-13(20)7-16(21)18(11)17/h3-8,10H,1,9H2,2H3,(H,23,24). The van der Waals surface area contributed by atoms with E-state index in [1.54, 1.807) is 31.4 Å². The van der Waals surface area contributed by atoms with Crippen LogP contribution in [0.3, 0.4) is 0 Å². The molecule has 0 amide bonds. The predicted molar refractivity (Wildman–Crippen MR) is 90.3 cm³/mol. The number of ether oxygens (including phenoxy) is 1. The Morgan fingerprint density at radius 1 is 1.24 bits per heavy atom. The van der Waals surface area contributed by atoms with Crippen molar-refractivity contribution in [1.29, 1.82) is 0 Å². The number of nitrogens with zero attached hydrogens (tertiary/aromatic N) is 1. The van der Waals surface area contributed by atoms with E-state index in [9.17, 15) is 18.7 Å². The van der Waals surface area contributed by atoms with Crippen molar-refractivity contribution in [1.82, 2.24) is 0 Å². The van der Waals surface area contributed by atoms with Crippen LogP contribution in [0.1, 0.15) is 11.1 Å². The molecule has 2 aromatic rings. The fourth-order valence-corrected chi connectivity index (χ4v) is 2.77. The molecule has 0 saturated heterocycles. The maximum Gasteiger partial charge on any atom is 0.337 e. The van der Waals surface area contributed by atoms with Gasteiger partial charge in [-0.25, -0.2) is 13.6 Å². The van der Waals surface area contributed by atoms with Gasteiger partial charge in [0.25, 0.3) is 0 Å². The number of aliphatic carboxylic acids is 1. The highest BCUT2D eigenvalue weighted by molar-refractivity contribution is 6.08. The molecular weight excluding hydrogens is 328 g/mol. The average molecular weight is 343 g/mol. The van der Waals surface area contributed by atoms with E-state index in [0.717, 1.165) is 11.6 Å². The number of anilines is 1. The van der Waals surface area contributed by atoms with E-state index in [4.69, 9.17) is 4.74 Å². The Bertz CT molecular complexity index is 888. The minimum atomic E-state index is -1.22. The van der Waals surface area contributed by atoms with E-state index in [0.29, 0.717) is 5.75 Å². The van der Waals surface area contributed by atoms with Gasteiger partial charge in [-0.15, -0.1) is 0 Å². The van der Waals surface area contributed by atoms with Gasteiger partial charge in [-0.2, -0.15) is 0 Å². The van der Waals surface area contributed by atoms with Gasteiger partial charge in [-0.3, -0.25) is 0 Å². The molecule has 6 heteroatoms. The van der Waals surface area contributed by atoms with Crippen LogP contribution >= 0.6 is 0 Å². The van der Waals surface area contributed by atoms with Crippen LogP contribution in [0.25, 0.3) is 5.57 Å². The van der Waals surface area contributed by atoms with Crippen LogP contribution in [-0.4, -0.2) is 18.2 Å². The zero-order valence-electron chi connectivity index (χ0n) is 13.4. The first-order valence-corrected chi connectivity index (χ1v) is 7.44. The van der Waals surface area contributed by atoms with Gasteiger partial charge in [0, 0.05) is 24.4 Å². The summed E-state index contributed by atoms with van der Waals surface area (Å²) in [6.07, 6.45) is 1.34. The highest BCUT2D eigenvalue weighted by Crippen LogP contribution is 2.39. The summed E-state index contributed by atoms with van der Waals surface area (Å²) in [4.78, 5) is 13.0. The molecule has 0 atom stereocenters. The van der Waals surface area contributed by atoms with E-state index in [2.05, 4.69) is 6.58 Å². The lowest BCUT2D eigenvalue weighted by molar-refractivity contribution is -0.132. The number of fused-ring (bicyclic) bond motifs is 1. The van der Waals surface area contributed by atoms with E-state index in [1.807, 2.05) is 0 Å². The zero-order valence-corrected chi connectivity index (χ0v) is 13.4. The van der Waals surface area contributed by atoms with Crippen molar-refractivity contribution < 1.29 is 23.4 Å². The normalized spacial score (nSPS) is 13.3. The summed E-state index contributed by atoms with van der Waals surface area (Å²) in [6.45, 7) is 3.90. The molecule has 0 aromatic heterocycles. The summed E-state index contributed by atoms with van der Waals surface area (Å²) in [6, 6.07) is 9.00. The second-order valence-corrected chi connectivity index (χ2v) is 5.58. The summed E-state index contributed by atoms with van der Waals surface area (Å²) in [7, 11) is 1.55. The van der Waals surface area contributed by atoms with Crippen molar-refractivity contribution >= 4 is 17.2 Å². The third kappa shape index (κ3) is 3.10. The van der Waals surface area contributed by atoms with Crippen molar-refractivity contribution in [3.8, 4) is 5.75 Å². The van der Waals surface area contributed by atoms with Gasteiger partial charge in [-0.05, 0) is 29.3 Å². The minimum Gasteiger partial charge on any atom is -0.497 e. The summed E-state index contributed by atoms with van der Waals surface area (Å²) < 4.78 is 33.1. The molecular formula is C19H15F2NO3. The Kier molecular flexibility index (Phi) is 4.27. The highest BCUT2D eigenvalue weighted by atomic mass is 19.1. The van der Waals surface area contributed by atoms with Crippen molar-refractivity contribution in [2.45, 2.75) is 6.54 Å². The summed E-state index contributed by atoms with van der Waals surface area (Å²) in [5.74, 6) is -2.13. The molecule has 3 rings (SSSR count). The molecule has 0 saturated carbocycles. The predicted octanol–water partition coefficient (Wildman–Crippen LogP) is 3.98. The topological polar surface area (TPSA) is 49.8 Å². The molecule has 1 aliphatic rings. The SMILES string of the molecule is C=C1C(C(=O)O)=CN(Cc2ccc(OC)cc2)c2cc(F)cc(F)c21. The van der Waals surface area contributed by atoms with Crippen LogP contribution in [0.15, 0.2) is 54.8 Å². The Balaban J connectivity index is 2.07.